The summed E-state index contributed by atoms with van der Waals surface area (Å²) in [6.45, 7) is 3.92. The lowest BCUT2D eigenvalue weighted by Gasteiger charge is -2.10. The summed E-state index contributed by atoms with van der Waals surface area (Å²) in [7, 11) is 0. The third-order valence-electron chi connectivity index (χ3n) is 2.84. The summed E-state index contributed by atoms with van der Waals surface area (Å²) in [5.74, 6) is 0. The summed E-state index contributed by atoms with van der Waals surface area (Å²) >= 11 is 5.83. The molecule has 0 bridgehead atoms. The van der Waals surface area contributed by atoms with E-state index in [4.69, 9.17) is 16.9 Å². The van der Waals surface area contributed by atoms with Crippen LogP contribution in [0.5, 0.6) is 0 Å². The van der Waals surface area contributed by atoms with Crippen molar-refractivity contribution < 1.29 is 0 Å². The Kier molecular flexibility index (Phi) is 3.94. The predicted molar refractivity (Wildman–Crippen MR) is 75.7 cm³/mol. The first-order chi connectivity index (χ1) is 9.15. The van der Waals surface area contributed by atoms with E-state index >= 15 is 0 Å². The van der Waals surface area contributed by atoms with Gasteiger partial charge >= 0.3 is 0 Å². The van der Waals surface area contributed by atoms with E-state index in [1.807, 2.05) is 38.1 Å². The monoisotopic (exact) mass is 269 g/mol. The topological polar surface area (TPSA) is 49.6 Å². The first-order valence-corrected chi connectivity index (χ1v) is 6.20. The summed E-state index contributed by atoms with van der Waals surface area (Å²) in [6.07, 6.45) is 3.61. The molecule has 0 spiro atoms. The number of hydrogen-bond donors (Lipinski definition) is 0. The van der Waals surface area contributed by atoms with Crippen molar-refractivity contribution in [3.63, 3.8) is 0 Å². The fraction of sp³-hybridized carbons (Fsp3) is 0.133. The molecule has 2 rings (SSSR count). The van der Waals surface area contributed by atoms with Gasteiger partial charge in [-0.05, 0) is 54.8 Å². The van der Waals surface area contributed by atoms with E-state index in [2.05, 4.69) is 16.0 Å². The number of benzene rings is 1. The molecular formula is C15H12ClN3. The van der Waals surface area contributed by atoms with Gasteiger partial charge < -0.3 is 0 Å². The van der Waals surface area contributed by atoms with Gasteiger partial charge in [-0.3, -0.25) is 0 Å². The van der Waals surface area contributed by atoms with Gasteiger partial charge in [0.2, 0.25) is 5.28 Å². The van der Waals surface area contributed by atoms with Gasteiger partial charge in [-0.1, -0.05) is 12.1 Å². The average Bonchev–Trinajstić information content (AvgIpc) is 2.41. The second-order valence-corrected chi connectivity index (χ2v) is 4.39. The summed E-state index contributed by atoms with van der Waals surface area (Å²) < 4.78 is 0. The maximum Gasteiger partial charge on any atom is 0.222 e. The van der Waals surface area contributed by atoms with Gasteiger partial charge in [-0.15, -0.1) is 0 Å². The van der Waals surface area contributed by atoms with Crippen molar-refractivity contribution in [1.82, 2.24) is 9.97 Å². The molecule has 2 aromatic rings. The summed E-state index contributed by atoms with van der Waals surface area (Å²) in [5.41, 5.74) is 4.47. The van der Waals surface area contributed by atoms with E-state index in [1.54, 1.807) is 12.3 Å². The third kappa shape index (κ3) is 2.81. The van der Waals surface area contributed by atoms with E-state index in [0.717, 1.165) is 22.4 Å². The van der Waals surface area contributed by atoms with Crippen molar-refractivity contribution in [2.45, 2.75) is 13.8 Å². The van der Waals surface area contributed by atoms with Crippen molar-refractivity contribution in [2.75, 3.05) is 0 Å². The van der Waals surface area contributed by atoms with Crippen LogP contribution in [-0.4, -0.2) is 9.97 Å². The number of allylic oxidation sites excluding steroid dienone is 1. The van der Waals surface area contributed by atoms with Gasteiger partial charge in [0.15, 0.2) is 0 Å². The Morgan fingerprint density at radius 3 is 2.74 bits per heavy atom. The van der Waals surface area contributed by atoms with Gasteiger partial charge in [0, 0.05) is 11.8 Å². The molecule has 1 aromatic carbocycles. The minimum atomic E-state index is 0.225. The number of rotatable bonds is 2. The van der Waals surface area contributed by atoms with Gasteiger partial charge in [0.25, 0.3) is 0 Å². The van der Waals surface area contributed by atoms with Gasteiger partial charge in [-0.25, -0.2) is 9.97 Å². The Hall–Kier alpha value is -2.18. The van der Waals surface area contributed by atoms with Gasteiger partial charge in [-0.2, -0.15) is 5.26 Å². The number of aryl methyl sites for hydroxylation is 1. The summed E-state index contributed by atoms with van der Waals surface area (Å²) in [4.78, 5) is 8.11. The zero-order valence-corrected chi connectivity index (χ0v) is 11.4. The van der Waals surface area contributed by atoms with Crippen LogP contribution in [0.15, 0.2) is 36.5 Å². The zero-order valence-electron chi connectivity index (χ0n) is 10.7. The van der Waals surface area contributed by atoms with E-state index < -0.39 is 0 Å². The number of hydrogen-bond acceptors (Lipinski definition) is 3. The number of halogens is 1. The highest BCUT2D eigenvalue weighted by molar-refractivity contribution is 6.28. The van der Waals surface area contributed by atoms with Crippen LogP contribution in [0, 0.1) is 18.3 Å². The number of aromatic nitrogens is 2. The molecule has 0 radical (unpaired) electrons. The zero-order chi connectivity index (χ0) is 13.8. The maximum absolute atomic E-state index is 8.90. The van der Waals surface area contributed by atoms with Crippen LogP contribution in [0.25, 0.3) is 5.57 Å². The van der Waals surface area contributed by atoms with Crippen LogP contribution < -0.4 is 0 Å². The molecule has 0 atom stereocenters. The Labute approximate surface area is 117 Å². The number of nitriles is 1. The Bertz CT molecular complexity index is 684. The average molecular weight is 270 g/mol. The van der Waals surface area contributed by atoms with Crippen molar-refractivity contribution >= 4 is 17.2 Å². The number of nitrogens with zero attached hydrogens (tertiary/aromatic N) is 3. The lowest BCUT2D eigenvalue weighted by molar-refractivity contribution is 1.14. The first-order valence-electron chi connectivity index (χ1n) is 5.82. The molecule has 19 heavy (non-hydrogen) atoms. The smallest absolute Gasteiger partial charge is 0.222 e. The second kappa shape index (κ2) is 5.64. The maximum atomic E-state index is 8.90. The van der Waals surface area contributed by atoms with Crippen LogP contribution in [-0.2, 0) is 0 Å². The largest absolute Gasteiger partial charge is 0.226 e. The lowest BCUT2D eigenvalue weighted by Crippen LogP contribution is -1.96. The minimum Gasteiger partial charge on any atom is -0.226 e. The van der Waals surface area contributed by atoms with Crippen molar-refractivity contribution in [2.24, 2.45) is 0 Å². The molecule has 0 unspecified atom stereocenters. The van der Waals surface area contributed by atoms with Crippen molar-refractivity contribution in [1.29, 1.82) is 5.26 Å². The second-order valence-electron chi connectivity index (χ2n) is 4.05. The molecular weight excluding hydrogens is 258 g/mol. The Balaban J connectivity index is 2.53. The SMILES string of the molecule is C/C=C(/c1ccnc(Cl)n1)c1ccc(C#N)cc1C. The molecule has 0 aliphatic carbocycles. The van der Waals surface area contributed by atoms with Crippen molar-refractivity contribution in [3.8, 4) is 6.07 Å². The molecule has 94 valence electrons. The van der Waals surface area contributed by atoms with E-state index in [1.165, 1.54) is 0 Å². The van der Waals surface area contributed by atoms with Crippen LogP contribution in [0.2, 0.25) is 5.28 Å². The highest BCUT2D eigenvalue weighted by Gasteiger charge is 2.09. The molecule has 1 aromatic heterocycles. The fourth-order valence-corrected chi connectivity index (χ4v) is 2.11. The molecule has 4 heteroatoms. The summed E-state index contributed by atoms with van der Waals surface area (Å²) in [5, 5.41) is 9.12. The van der Waals surface area contributed by atoms with Gasteiger partial charge in [0.05, 0.1) is 17.3 Å². The standard InChI is InChI=1S/C15H12ClN3/c1-3-12(14-6-7-18-15(16)19-14)13-5-4-11(9-17)8-10(13)2/h3-8H,1-2H3/b12-3+. The van der Waals surface area contributed by atoms with Crippen LogP contribution in [0.3, 0.4) is 0 Å². The quantitative estimate of drug-likeness (QED) is 0.780. The molecule has 0 saturated carbocycles. The highest BCUT2D eigenvalue weighted by atomic mass is 35.5. The highest BCUT2D eigenvalue weighted by Crippen LogP contribution is 2.25. The third-order valence-corrected chi connectivity index (χ3v) is 3.02. The van der Waals surface area contributed by atoms with E-state index in [0.29, 0.717) is 5.56 Å². The molecule has 0 aliphatic heterocycles. The normalized spacial score (nSPS) is 11.2. The minimum absolute atomic E-state index is 0.225. The Morgan fingerprint density at radius 1 is 1.37 bits per heavy atom. The first kappa shape index (κ1) is 13.3. The Morgan fingerprint density at radius 2 is 2.16 bits per heavy atom. The molecule has 0 amide bonds. The summed E-state index contributed by atoms with van der Waals surface area (Å²) in [6, 6.07) is 9.55. The van der Waals surface area contributed by atoms with Crippen LogP contribution in [0.1, 0.15) is 29.3 Å². The molecule has 1 heterocycles. The van der Waals surface area contributed by atoms with E-state index in [-0.39, 0.29) is 5.28 Å². The van der Waals surface area contributed by atoms with E-state index in [9.17, 15) is 0 Å². The van der Waals surface area contributed by atoms with Crippen molar-refractivity contribution in [3.05, 3.63) is 64.2 Å². The lowest BCUT2D eigenvalue weighted by atomic mass is 9.96. The van der Waals surface area contributed by atoms with Gasteiger partial charge in [0.1, 0.15) is 0 Å². The molecule has 3 nitrogen and oxygen atoms in total. The molecule has 0 aliphatic rings. The van der Waals surface area contributed by atoms with Crippen LogP contribution in [0.4, 0.5) is 0 Å². The molecule has 0 fully saturated rings. The molecule has 0 N–H and O–H groups in total. The fourth-order valence-electron chi connectivity index (χ4n) is 1.96. The predicted octanol–water partition coefficient (Wildman–Crippen LogP) is 3.76. The van der Waals surface area contributed by atoms with Crippen LogP contribution >= 0.6 is 11.6 Å². The molecule has 0 saturated heterocycles.